The fraction of sp³-hybridized carbons (Fsp3) is 1.00. The van der Waals surface area contributed by atoms with Crippen molar-refractivity contribution in [3.05, 3.63) is 0 Å². The second kappa shape index (κ2) is 3.50. The average molecular weight is 190 g/mol. The molecule has 2 rings (SSSR count). The Bertz CT molecular complexity index is 178. The van der Waals surface area contributed by atoms with Gasteiger partial charge in [-0.05, 0) is 12.8 Å². The van der Waals surface area contributed by atoms with Crippen LogP contribution in [0, 0.1) is 0 Å². The molecule has 13 heavy (non-hydrogen) atoms. The molecule has 2 saturated heterocycles. The Morgan fingerprint density at radius 3 is 2.08 bits per heavy atom. The van der Waals surface area contributed by atoms with Crippen LogP contribution in [0.5, 0.6) is 0 Å². The zero-order chi connectivity index (χ0) is 9.31. The second-order valence-electron chi connectivity index (χ2n) is 4.01. The first-order valence-corrected chi connectivity index (χ1v) is 5.05. The van der Waals surface area contributed by atoms with E-state index in [9.17, 15) is 8.78 Å². The molecule has 0 radical (unpaired) electrons. The molecule has 0 aliphatic carbocycles. The Kier molecular flexibility index (Phi) is 2.51. The van der Waals surface area contributed by atoms with Gasteiger partial charge in [0.25, 0.3) is 5.92 Å². The molecule has 0 unspecified atom stereocenters. The lowest BCUT2D eigenvalue weighted by Crippen LogP contribution is -2.45. The minimum atomic E-state index is -2.45. The molecular weight excluding hydrogens is 174 g/mol. The first kappa shape index (κ1) is 9.34. The van der Waals surface area contributed by atoms with Crippen LogP contribution in [-0.4, -0.2) is 42.1 Å². The number of piperidine rings is 1. The summed E-state index contributed by atoms with van der Waals surface area (Å²) in [4.78, 5) is 0. The van der Waals surface area contributed by atoms with E-state index in [0.29, 0.717) is 6.54 Å². The molecule has 0 N–H and O–H groups in total. The molecular formula is C9H16F2N2. The number of hydrazine groups is 1. The van der Waals surface area contributed by atoms with Crippen LogP contribution in [0.2, 0.25) is 0 Å². The normalized spacial score (nSPS) is 30.9. The van der Waals surface area contributed by atoms with E-state index >= 15 is 0 Å². The molecule has 2 aliphatic heterocycles. The van der Waals surface area contributed by atoms with Crippen molar-refractivity contribution in [3.8, 4) is 0 Å². The summed E-state index contributed by atoms with van der Waals surface area (Å²) < 4.78 is 25.8. The zero-order valence-electron chi connectivity index (χ0n) is 7.81. The molecule has 2 nitrogen and oxygen atoms in total. The van der Waals surface area contributed by atoms with Gasteiger partial charge in [0.2, 0.25) is 0 Å². The minimum absolute atomic E-state index is 0.0312. The molecule has 2 aliphatic rings. The lowest BCUT2D eigenvalue weighted by molar-refractivity contribution is -0.0583. The molecule has 0 aromatic carbocycles. The highest BCUT2D eigenvalue weighted by molar-refractivity contribution is 4.81. The van der Waals surface area contributed by atoms with Gasteiger partial charge >= 0.3 is 0 Å². The lowest BCUT2D eigenvalue weighted by Gasteiger charge is -2.34. The van der Waals surface area contributed by atoms with Gasteiger partial charge in [-0.15, -0.1) is 0 Å². The van der Waals surface area contributed by atoms with Gasteiger partial charge in [-0.1, -0.05) is 6.42 Å². The van der Waals surface area contributed by atoms with Crippen molar-refractivity contribution in [1.82, 2.24) is 10.0 Å². The number of halogens is 2. The highest BCUT2D eigenvalue weighted by atomic mass is 19.3. The number of rotatable bonds is 1. The van der Waals surface area contributed by atoms with Gasteiger partial charge in [0, 0.05) is 26.1 Å². The highest BCUT2D eigenvalue weighted by Gasteiger charge is 2.40. The summed E-state index contributed by atoms with van der Waals surface area (Å²) in [5.74, 6) is -2.45. The molecule has 0 saturated carbocycles. The third kappa shape index (κ3) is 2.17. The molecule has 0 bridgehead atoms. The van der Waals surface area contributed by atoms with E-state index in [1.165, 1.54) is 6.42 Å². The van der Waals surface area contributed by atoms with Gasteiger partial charge in [-0.3, -0.25) is 0 Å². The monoisotopic (exact) mass is 190 g/mol. The number of alkyl halides is 2. The molecule has 0 amide bonds. The fourth-order valence-corrected chi connectivity index (χ4v) is 2.12. The van der Waals surface area contributed by atoms with Crippen molar-refractivity contribution in [2.24, 2.45) is 0 Å². The number of nitrogens with zero attached hydrogens (tertiary/aromatic N) is 2. The van der Waals surface area contributed by atoms with E-state index in [4.69, 9.17) is 0 Å². The van der Waals surface area contributed by atoms with Crippen LogP contribution < -0.4 is 0 Å². The van der Waals surface area contributed by atoms with Crippen LogP contribution in [0.15, 0.2) is 0 Å². The van der Waals surface area contributed by atoms with Crippen molar-refractivity contribution in [1.29, 1.82) is 0 Å². The molecule has 76 valence electrons. The lowest BCUT2D eigenvalue weighted by atomic mass is 10.2. The smallest absolute Gasteiger partial charge is 0.242 e. The second-order valence-corrected chi connectivity index (χ2v) is 4.01. The van der Waals surface area contributed by atoms with E-state index in [1.54, 1.807) is 0 Å². The van der Waals surface area contributed by atoms with Crippen LogP contribution in [0.1, 0.15) is 25.7 Å². The minimum Gasteiger partial charge on any atom is -0.242 e. The standard InChI is InChI=1S/C9H16F2N2/c10-9(11)4-7-13(8-9)12-5-2-1-3-6-12/h1-8H2. The zero-order valence-corrected chi connectivity index (χ0v) is 7.81. The third-order valence-electron chi connectivity index (χ3n) is 2.88. The van der Waals surface area contributed by atoms with Crippen LogP contribution in [0.3, 0.4) is 0 Å². The maximum Gasteiger partial charge on any atom is 0.263 e. The van der Waals surface area contributed by atoms with Crippen molar-refractivity contribution < 1.29 is 8.78 Å². The van der Waals surface area contributed by atoms with E-state index in [1.807, 2.05) is 5.01 Å². The van der Waals surface area contributed by atoms with E-state index in [2.05, 4.69) is 5.01 Å². The van der Waals surface area contributed by atoms with Crippen molar-refractivity contribution in [3.63, 3.8) is 0 Å². The highest BCUT2D eigenvalue weighted by Crippen LogP contribution is 2.28. The molecule has 2 heterocycles. The SMILES string of the molecule is FC1(F)CCN(N2CCCCC2)C1. The quantitative estimate of drug-likeness (QED) is 0.621. The molecule has 2 fully saturated rings. The summed E-state index contributed by atoms with van der Waals surface area (Å²) in [6.45, 7) is 2.41. The first-order chi connectivity index (χ1) is 6.17. The molecule has 4 heteroatoms. The summed E-state index contributed by atoms with van der Waals surface area (Å²) in [5.41, 5.74) is 0. The molecule has 0 atom stereocenters. The Balaban J connectivity index is 1.87. The maximum atomic E-state index is 12.9. The Hall–Kier alpha value is -0.220. The van der Waals surface area contributed by atoms with Crippen LogP contribution in [0.4, 0.5) is 8.78 Å². The van der Waals surface area contributed by atoms with Gasteiger partial charge in [0.15, 0.2) is 0 Å². The average Bonchev–Trinajstić information content (AvgIpc) is 2.48. The summed E-state index contributed by atoms with van der Waals surface area (Å²) in [6, 6.07) is 0. The van der Waals surface area contributed by atoms with Gasteiger partial charge in [0.1, 0.15) is 0 Å². The molecule has 0 spiro atoms. The van der Waals surface area contributed by atoms with Gasteiger partial charge in [0.05, 0.1) is 6.54 Å². The predicted molar refractivity (Wildman–Crippen MR) is 46.6 cm³/mol. The molecule has 0 aromatic heterocycles. The number of hydrogen-bond acceptors (Lipinski definition) is 2. The summed E-state index contributed by atoms with van der Waals surface area (Å²) in [7, 11) is 0. The Labute approximate surface area is 77.5 Å². The topological polar surface area (TPSA) is 6.48 Å². The first-order valence-electron chi connectivity index (χ1n) is 5.05. The summed E-state index contributed by atoms with van der Waals surface area (Å²) in [6.07, 6.45) is 3.59. The Morgan fingerprint density at radius 2 is 1.54 bits per heavy atom. The van der Waals surface area contributed by atoms with Crippen LogP contribution in [-0.2, 0) is 0 Å². The van der Waals surface area contributed by atoms with Crippen molar-refractivity contribution in [2.75, 3.05) is 26.2 Å². The van der Waals surface area contributed by atoms with Crippen LogP contribution >= 0.6 is 0 Å². The van der Waals surface area contributed by atoms with Crippen molar-refractivity contribution >= 4 is 0 Å². The largest absolute Gasteiger partial charge is 0.263 e. The third-order valence-corrected chi connectivity index (χ3v) is 2.88. The van der Waals surface area contributed by atoms with E-state index in [-0.39, 0.29) is 13.0 Å². The van der Waals surface area contributed by atoms with E-state index in [0.717, 1.165) is 25.9 Å². The van der Waals surface area contributed by atoms with Crippen molar-refractivity contribution in [2.45, 2.75) is 31.6 Å². The van der Waals surface area contributed by atoms with Gasteiger partial charge < -0.3 is 0 Å². The summed E-state index contributed by atoms with van der Waals surface area (Å²) >= 11 is 0. The Morgan fingerprint density at radius 1 is 0.846 bits per heavy atom. The molecule has 0 aromatic rings. The van der Waals surface area contributed by atoms with Crippen LogP contribution in [0.25, 0.3) is 0 Å². The van der Waals surface area contributed by atoms with Gasteiger partial charge in [-0.2, -0.15) is 0 Å². The maximum absolute atomic E-state index is 12.9. The van der Waals surface area contributed by atoms with Gasteiger partial charge in [-0.25, -0.2) is 18.8 Å². The fourth-order valence-electron chi connectivity index (χ4n) is 2.12. The number of hydrogen-bond donors (Lipinski definition) is 0. The summed E-state index contributed by atoms with van der Waals surface area (Å²) in [5, 5.41) is 3.93. The van der Waals surface area contributed by atoms with E-state index < -0.39 is 5.92 Å². The predicted octanol–water partition coefficient (Wildman–Crippen LogP) is 1.73.